The molecular weight excluding hydrogens is 519 g/mol. The Morgan fingerprint density at radius 3 is 2.47 bits per heavy atom. The molecule has 3 heterocycles. The number of carbonyl (C=O) groups excluding carboxylic acids is 1. The molecule has 0 radical (unpaired) electrons. The van der Waals surface area contributed by atoms with E-state index in [4.69, 9.17) is 0 Å². The number of ether oxygens (including phenoxy) is 1. The van der Waals surface area contributed by atoms with Crippen molar-refractivity contribution >= 4 is 40.8 Å². The third-order valence-electron chi connectivity index (χ3n) is 5.51. The van der Waals surface area contributed by atoms with Crippen molar-refractivity contribution in [2.24, 2.45) is 0 Å². The molecule has 1 saturated heterocycles. The molecule has 0 unspecified atom stereocenters. The summed E-state index contributed by atoms with van der Waals surface area (Å²) in [5.41, 5.74) is 1.10. The third-order valence-corrected chi connectivity index (χ3v) is 6.39. The quantitative estimate of drug-likeness (QED) is 0.242. The zero-order valence-electron chi connectivity index (χ0n) is 20.0. The van der Waals surface area contributed by atoms with Gasteiger partial charge in [-0.3, -0.25) is 9.89 Å². The van der Waals surface area contributed by atoms with Crippen LogP contribution in [0.25, 0.3) is 0 Å². The van der Waals surface area contributed by atoms with Crippen LogP contribution in [0.4, 0.5) is 36.3 Å². The molecule has 196 valence electrons. The minimum atomic E-state index is -4.91. The number of hydrogen-bond donors (Lipinski definition) is 3. The van der Waals surface area contributed by atoms with Gasteiger partial charge in [0.15, 0.2) is 11.0 Å². The highest BCUT2D eigenvalue weighted by Gasteiger charge is 2.32. The fourth-order valence-corrected chi connectivity index (χ4v) is 4.39. The molecule has 13 heteroatoms. The van der Waals surface area contributed by atoms with Gasteiger partial charge in [-0.15, -0.1) is 13.2 Å². The number of aromatic amines is 1. The van der Waals surface area contributed by atoms with E-state index in [9.17, 15) is 18.0 Å². The van der Waals surface area contributed by atoms with Crippen LogP contribution in [0.2, 0.25) is 0 Å². The fraction of sp³-hybridized carbons (Fsp3) is 0.200. The zero-order chi connectivity index (χ0) is 26.7. The fourth-order valence-electron chi connectivity index (χ4n) is 3.62. The standard InChI is InChI=1S/C25H22F3N7O2S/c1-15-13-21(34-33-15)30-20-14-22(35-11-4-12-35)32-24(31-20)38-17-9-7-16(8-10-17)29-23(36)18-5-2-3-6-19(18)37-25(26,27)28/h2-3,5-10,13-14H,4,11-12H2,1H3,(H,29,36)(H2,30,31,32,33,34). The number of H-pyrrole nitrogens is 1. The van der Waals surface area contributed by atoms with Crippen LogP contribution in [0.15, 0.2) is 70.7 Å². The first-order valence-corrected chi connectivity index (χ1v) is 12.4. The Labute approximate surface area is 219 Å². The molecule has 2 aromatic carbocycles. The summed E-state index contributed by atoms with van der Waals surface area (Å²) in [5.74, 6) is 0.777. The summed E-state index contributed by atoms with van der Waals surface area (Å²) in [4.78, 5) is 24.9. The molecule has 1 aliphatic heterocycles. The number of rotatable bonds is 8. The molecule has 2 aromatic heterocycles. The van der Waals surface area contributed by atoms with Gasteiger partial charge in [-0.2, -0.15) is 5.10 Å². The Bertz CT molecular complexity index is 1440. The smallest absolute Gasteiger partial charge is 0.405 e. The number of nitrogens with one attached hydrogen (secondary N) is 3. The van der Waals surface area contributed by atoms with Gasteiger partial charge in [0.2, 0.25) is 0 Å². The van der Waals surface area contributed by atoms with Crippen LogP contribution in [0, 0.1) is 6.92 Å². The first kappa shape index (κ1) is 25.4. The highest BCUT2D eigenvalue weighted by Crippen LogP contribution is 2.31. The Morgan fingerprint density at radius 1 is 1.05 bits per heavy atom. The van der Waals surface area contributed by atoms with Gasteiger partial charge in [-0.25, -0.2) is 9.97 Å². The molecule has 3 N–H and O–H groups in total. The first-order chi connectivity index (χ1) is 18.2. The highest BCUT2D eigenvalue weighted by atomic mass is 32.2. The van der Waals surface area contributed by atoms with Crippen LogP contribution in [0.3, 0.4) is 0 Å². The first-order valence-electron chi connectivity index (χ1n) is 11.6. The molecule has 1 amide bonds. The molecule has 38 heavy (non-hydrogen) atoms. The van der Waals surface area contributed by atoms with Crippen LogP contribution < -0.4 is 20.3 Å². The lowest BCUT2D eigenvalue weighted by Crippen LogP contribution is -2.37. The van der Waals surface area contributed by atoms with Crippen LogP contribution in [0.1, 0.15) is 22.5 Å². The highest BCUT2D eigenvalue weighted by molar-refractivity contribution is 7.99. The van der Waals surface area contributed by atoms with E-state index in [1.165, 1.54) is 30.0 Å². The van der Waals surface area contributed by atoms with E-state index in [-0.39, 0.29) is 5.56 Å². The van der Waals surface area contributed by atoms with E-state index >= 15 is 0 Å². The maximum Gasteiger partial charge on any atom is 0.573 e. The lowest BCUT2D eigenvalue weighted by Gasteiger charge is -2.32. The Balaban J connectivity index is 1.29. The molecule has 0 atom stereocenters. The number of halogens is 3. The van der Waals surface area contributed by atoms with E-state index in [1.54, 1.807) is 24.3 Å². The number of amides is 1. The van der Waals surface area contributed by atoms with Gasteiger partial charge in [0.25, 0.3) is 5.91 Å². The minimum Gasteiger partial charge on any atom is -0.405 e. The second-order valence-corrected chi connectivity index (χ2v) is 9.46. The molecule has 4 aromatic rings. The van der Waals surface area contributed by atoms with Gasteiger partial charge in [0.1, 0.15) is 17.4 Å². The summed E-state index contributed by atoms with van der Waals surface area (Å²) in [6, 6.07) is 15.8. The topological polar surface area (TPSA) is 108 Å². The second kappa shape index (κ2) is 10.6. The minimum absolute atomic E-state index is 0.230. The predicted molar refractivity (Wildman–Crippen MR) is 137 cm³/mol. The number of para-hydroxylation sites is 1. The summed E-state index contributed by atoms with van der Waals surface area (Å²) in [7, 11) is 0. The molecule has 0 spiro atoms. The third kappa shape index (κ3) is 6.35. The largest absolute Gasteiger partial charge is 0.573 e. The number of carbonyl (C=O) groups is 1. The summed E-state index contributed by atoms with van der Waals surface area (Å²) in [6.45, 7) is 3.76. The number of aromatic nitrogens is 4. The maximum absolute atomic E-state index is 12.7. The van der Waals surface area contributed by atoms with Crippen LogP contribution in [-0.4, -0.2) is 45.5 Å². The SMILES string of the molecule is Cc1cc(Nc2cc(N3CCC3)nc(Sc3ccc(NC(=O)c4ccccc4OC(F)(F)F)cc3)n2)n[nH]1. The van der Waals surface area contributed by atoms with Crippen molar-refractivity contribution in [2.75, 3.05) is 28.6 Å². The Morgan fingerprint density at radius 2 is 1.82 bits per heavy atom. The Hall–Kier alpha value is -4.26. The normalized spacial score (nSPS) is 13.1. The number of aryl methyl sites for hydroxylation is 1. The van der Waals surface area contributed by atoms with E-state index in [0.29, 0.717) is 22.5 Å². The summed E-state index contributed by atoms with van der Waals surface area (Å²) in [5, 5.41) is 13.4. The van der Waals surface area contributed by atoms with E-state index < -0.39 is 18.0 Å². The summed E-state index contributed by atoms with van der Waals surface area (Å²) in [6.07, 6.45) is -3.80. The second-order valence-electron chi connectivity index (χ2n) is 8.42. The van der Waals surface area contributed by atoms with Crippen molar-refractivity contribution < 1.29 is 22.7 Å². The Kier molecular flexibility index (Phi) is 7.09. The number of hydrogen-bond acceptors (Lipinski definition) is 8. The van der Waals surface area contributed by atoms with Gasteiger partial charge in [-0.05, 0) is 61.5 Å². The van der Waals surface area contributed by atoms with Crippen LogP contribution in [0.5, 0.6) is 5.75 Å². The van der Waals surface area contributed by atoms with E-state index in [1.807, 2.05) is 19.1 Å². The maximum atomic E-state index is 12.7. The number of nitrogens with zero attached hydrogens (tertiary/aromatic N) is 4. The monoisotopic (exact) mass is 541 g/mol. The van der Waals surface area contributed by atoms with Crippen molar-refractivity contribution in [3.8, 4) is 5.75 Å². The summed E-state index contributed by atoms with van der Waals surface area (Å²) >= 11 is 1.34. The molecule has 5 rings (SSSR count). The predicted octanol–water partition coefficient (Wildman–Crippen LogP) is 5.76. The lowest BCUT2D eigenvalue weighted by molar-refractivity contribution is -0.274. The molecule has 0 bridgehead atoms. The molecule has 1 aliphatic rings. The molecule has 0 saturated carbocycles. The van der Waals surface area contributed by atoms with Gasteiger partial charge in [-0.1, -0.05) is 12.1 Å². The van der Waals surface area contributed by atoms with E-state index in [2.05, 4.69) is 40.4 Å². The van der Waals surface area contributed by atoms with E-state index in [0.717, 1.165) is 42.0 Å². The number of alkyl halides is 3. The molecule has 9 nitrogen and oxygen atoms in total. The van der Waals surface area contributed by atoms with Crippen molar-refractivity contribution in [1.29, 1.82) is 0 Å². The van der Waals surface area contributed by atoms with Gasteiger partial charge >= 0.3 is 6.36 Å². The average molecular weight is 542 g/mol. The molecule has 1 fully saturated rings. The zero-order valence-corrected chi connectivity index (χ0v) is 20.9. The molecule has 0 aliphatic carbocycles. The van der Waals surface area contributed by atoms with Crippen molar-refractivity contribution in [2.45, 2.75) is 29.8 Å². The van der Waals surface area contributed by atoms with Gasteiger partial charge < -0.3 is 20.3 Å². The van der Waals surface area contributed by atoms with Crippen LogP contribution in [-0.2, 0) is 0 Å². The number of benzene rings is 2. The van der Waals surface area contributed by atoms with Crippen molar-refractivity contribution in [3.05, 3.63) is 71.9 Å². The summed E-state index contributed by atoms with van der Waals surface area (Å²) < 4.78 is 42.0. The number of anilines is 4. The average Bonchev–Trinajstić information content (AvgIpc) is 3.22. The molecular formula is C25H22F3N7O2S. The van der Waals surface area contributed by atoms with Crippen molar-refractivity contribution in [1.82, 2.24) is 20.2 Å². The van der Waals surface area contributed by atoms with Gasteiger partial charge in [0.05, 0.1) is 5.56 Å². The lowest BCUT2D eigenvalue weighted by atomic mass is 10.2. The van der Waals surface area contributed by atoms with Crippen molar-refractivity contribution in [3.63, 3.8) is 0 Å². The van der Waals surface area contributed by atoms with Crippen LogP contribution >= 0.6 is 11.8 Å². The van der Waals surface area contributed by atoms with Gasteiger partial charge in [0, 0.05) is 41.5 Å².